The van der Waals surface area contributed by atoms with Gasteiger partial charge >= 0.3 is 6.61 Å². The summed E-state index contributed by atoms with van der Waals surface area (Å²) in [5.41, 5.74) is 0.411. The number of nitrogens with one attached hydrogen (secondary N) is 2. The van der Waals surface area contributed by atoms with Crippen LogP contribution in [0.5, 0.6) is 5.75 Å². The van der Waals surface area contributed by atoms with Crippen LogP contribution in [0.2, 0.25) is 10.0 Å². The van der Waals surface area contributed by atoms with Crippen molar-refractivity contribution in [1.82, 2.24) is 10.6 Å². The minimum Gasteiger partial charge on any atom is -0.433 e. The molecule has 0 unspecified atom stereocenters. The Balaban J connectivity index is 0.00000361. The van der Waals surface area contributed by atoms with E-state index in [-0.39, 0.29) is 41.3 Å². The number of rotatable bonds is 4. The van der Waals surface area contributed by atoms with E-state index in [2.05, 4.69) is 20.4 Å². The van der Waals surface area contributed by atoms with Gasteiger partial charge in [0.05, 0.1) is 5.02 Å². The predicted molar refractivity (Wildman–Crippen MR) is 87.8 cm³/mol. The predicted octanol–water partition coefficient (Wildman–Crippen LogP) is 3.51. The Bertz CT molecular complexity index is 475. The van der Waals surface area contributed by atoms with Crippen molar-refractivity contribution in [3.8, 4) is 5.75 Å². The Morgan fingerprint density at radius 3 is 2.55 bits per heavy atom. The summed E-state index contributed by atoms with van der Waals surface area (Å²) in [5, 5.41) is 6.06. The van der Waals surface area contributed by atoms with Crippen LogP contribution in [0.3, 0.4) is 0 Å². The van der Waals surface area contributed by atoms with Crippen molar-refractivity contribution in [3.05, 3.63) is 27.7 Å². The molecule has 1 rings (SSSR count). The second-order valence-corrected chi connectivity index (χ2v) is 4.27. The first-order valence-electron chi connectivity index (χ1n) is 5.29. The lowest BCUT2D eigenvalue weighted by Gasteiger charge is -2.14. The number of hydrogen-bond donors (Lipinski definition) is 2. The normalized spacial score (nSPS) is 11.1. The standard InChI is InChI=1S/C11H13Cl2F2N3O.HI/c1-16-11(17-2)18-5-6-3-7(12)4-8(13)9(6)19-10(14)15;/h3-4,10H,5H2,1-2H3,(H2,16,17,18);1H. The van der Waals surface area contributed by atoms with Gasteiger partial charge in [0.25, 0.3) is 0 Å². The summed E-state index contributed by atoms with van der Waals surface area (Å²) in [5.74, 6) is 0.402. The fourth-order valence-electron chi connectivity index (χ4n) is 1.42. The Labute approximate surface area is 142 Å². The number of ether oxygens (including phenoxy) is 1. The molecule has 0 aromatic heterocycles. The van der Waals surface area contributed by atoms with Crippen LogP contribution in [0.15, 0.2) is 17.1 Å². The highest BCUT2D eigenvalue weighted by atomic mass is 127. The fourth-order valence-corrected chi connectivity index (χ4v) is 2.00. The monoisotopic (exact) mass is 439 g/mol. The van der Waals surface area contributed by atoms with Gasteiger partial charge in [-0.15, -0.1) is 24.0 Å². The zero-order valence-electron chi connectivity index (χ0n) is 10.7. The highest BCUT2D eigenvalue weighted by Gasteiger charge is 2.15. The summed E-state index contributed by atoms with van der Waals surface area (Å²) in [7, 11) is 3.26. The van der Waals surface area contributed by atoms with Gasteiger partial charge < -0.3 is 15.4 Å². The number of benzene rings is 1. The van der Waals surface area contributed by atoms with E-state index in [0.717, 1.165) is 0 Å². The minimum atomic E-state index is -2.96. The quantitative estimate of drug-likeness (QED) is 0.428. The third-order valence-corrected chi connectivity index (χ3v) is 2.70. The number of alkyl halides is 2. The van der Waals surface area contributed by atoms with E-state index in [0.29, 0.717) is 16.5 Å². The van der Waals surface area contributed by atoms with Gasteiger partial charge in [-0.25, -0.2) is 0 Å². The van der Waals surface area contributed by atoms with Gasteiger partial charge in [-0.2, -0.15) is 8.78 Å². The summed E-state index contributed by atoms with van der Waals surface area (Å²) >= 11 is 11.7. The number of guanidine groups is 1. The number of halogens is 5. The molecular formula is C11H14Cl2F2IN3O. The van der Waals surface area contributed by atoms with E-state index in [1.807, 2.05) is 0 Å². The molecule has 1 aromatic carbocycles. The largest absolute Gasteiger partial charge is 0.433 e. The molecule has 0 aliphatic heterocycles. The topological polar surface area (TPSA) is 45.7 Å². The van der Waals surface area contributed by atoms with Crippen molar-refractivity contribution < 1.29 is 13.5 Å². The molecule has 4 nitrogen and oxygen atoms in total. The third-order valence-electron chi connectivity index (χ3n) is 2.20. The number of aliphatic imine (C=N–C) groups is 1. The maximum absolute atomic E-state index is 12.3. The maximum Gasteiger partial charge on any atom is 0.387 e. The molecule has 114 valence electrons. The molecule has 0 bridgehead atoms. The van der Waals surface area contributed by atoms with Crippen molar-refractivity contribution >= 4 is 53.1 Å². The van der Waals surface area contributed by atoms with E-state index < -0.39 is 6.61 Å². The van der Waals surface area contributed by atoms with Crippen molar-refractivity contribution in [1.29, 1.82) is 0 Å². The number of nitrogens with zero attached hydrogens (tertiary/aromatic N) is 1. The van der Waals surface area contributed by atoms with Crippen LogP contribution in [0, 0.1) is 0 Å². The fraction of sp³-hybridized carbons (Fsp3) is 0.364. The molecule has 0 atom stereocenters. The summed E-state index contributed by atoms with van der Waals surface area (Å²) in [6.07, 6.45) is 0. The molecule has 9 heteroatoms. The van der Waals surface area contributed by atoms with Gasteiger partial charge in [-0.1, -0.05) is 23.2 Å². The first-order valence-corrected chi connectivity index (χ1v) is 6.04. The van der Waals surface area contributed by atoms with Gasteiger partial charge in [-0.3, -0.25) is 4.99 Å². The van der Waals surface area contributed by atoms with Gasteiger partial charge in [0.1, 0.15) is 5.75 Å². The average Bonchev–Trinajstić information content (AvgIpc) is 2.34. The molecule has 0 spiro atoms. The summed E-state index contributed by atoms with van der Waals surface area (Å²) < 4.78 is 29.1. The van der Waals surface area contributed by atoms with E-state index in [9.17, 15) is 8.78 Å². The molecule has 0 aliphatic rings. The minimum absolute atomic E-state index is 0. The molecule has 0 heterocycles. The Kier molecular flexibility index (Phi) is 9.15. The molecule has 0 aliphatic carbocycles. The zero-order valence-corrected chi connectivity index (χ0v) is 14.6. The van der Waals surface area contributed by atoms with E-state index in [1.165, 1.54) is 12.1 Å². The lowest BCUT2D eigenvalue weighted by atomic mass is 10.2. The zero-order chi connectivity index (χ0) is 14.4. The van der Waals surface area contributed by atoms with E-state index in [1.54, 1.807) is 14.1 Å². The molecule has 0 radical (unpaired) electrons. The molecule has 0 fully saturated rings. The second kappa shape index (κ2) is 9.41. The van der Waals surface area contributed by atoms with Gasteiger partial charge in [0.15, 0.2) is 5.96 Å². The third kappa shape index (κ3) is 5.84. The van der Waals surface area contributed by atoms with Crippen molar-refractivity contribution in [2.75, 3.05) is 14.1 Å². The van der Waals surface area contributed by atoms with Crippen LogP contribution in [0.25, 0.3) is 0 Å². The molecule has 0 saturated heterocycles. The smallest absolute Gasteiger partial charge is 0.387 e. The van der Waals surface area contributed by atoms with Gasteiger partial charge in [-0.05, 0) is 12.1 Å². The molecule has 2 N–H and O–H groups in total. The van der Waals surface area contributed by atoms with Crippen LogP contribution in [-0.2, 0) is 6.54 Å². The molecule has 1 aromatic rings. The van der Waals surface area contributed by atoms with E-state index >= 15 is 0 Å². The van der Waals surface area contributed by atoms with Crippen LogP contribution in [0.1, 0.15) is 5.56 Å². The molecular weight excluding hydrogens is 426 g/mol. The highest BCUT2D eigenvalue weighted by Crippen LogP contribution is 2.33. The SMILES string of the molecule is CN=C(NC)NCc1cc(Cl)cc(Cl)c1OC(F)F.I. The van der Waals surface area contributed by atoms with Gasteiger partial charge in [0.2, 0.25) is 0 Å². The first kappa shape index (κ1) is 19.5. The van der Waals surface area contributed by atoms with Crippen LogP contribution in [-0.4, -0.2) is 26.7 Å². The Morgan fingerprint density at radius 2 is 2.05 bits per heavy atom. The molecule has 0 saturated carbocycles. The van der Waals surface area contributed by atoms with Crippen LogP contribution >= 0.6 is 47.2 Å². The molecule has 20 heavy (non-hydrogen) atoms. The van der Waals surface area contributed by atoms with Crippen LogP contribution < -0.4 is 15.4 Å². The van der Waals surface area contributed by atoms with Crippen molar-refractivity contribution in [2.45, 2.75) is 13.2 Å². The summed E-state index contributed by atoms with van der Waals surface area (Å²) in [4.78, 5) is 3.90. The molecule has 0 amide bonds. The van der Waals surface area contributed by atoms with E-state index in [4.69, 9.17) is 23.2 Å². The van der Waals surface area contributed by atoms with Crippen molar-refractivity contribution in [2.24, 2.45) is 4.99 Å². The summed E-state index contributed by atoms with van der Waals surface area (Å²) in [6.45, 7) is -2.77. The number of hydrogen-bond acceptors (Lipinski definition) is 2. The second-order valence-electron chi connectivity index (χ2n) is 3.43. The Hall–Kier alpha value is -0.540. The van der Waals surface area contributed by atoms with Crippen LogP contribution in [0.4, 0.5) is 8.78 Å². The lowest BCUT2D eigenvalue weighted by molar-refractivity contribution is -0.0504. The lowest BCUT2D eigenvalue weighted by Crippen LogP contribution is -2.34. The first-order chi connectivity index (χ1) is 8.97. The van der Waals surface area contributed by atoms with Crippen molar-refractivity contribution in [3.63, 3.8) is 0 Å². The highest BCUT2D eigenvalue weighted by molar-refractivity contribution is 14.0. The summed E-state index contributed by atoms with van der Waals surface area (Å²) in [6, 6.07) is 2.85. The van der Waals surface area contributed by atoms with Gasteiger partial charge in [0, 0.05) is 31.2 Å². The maximum atomic E-state index is 12.3. The Morgan fingerprint density at radius 1 is 1.40 bits per heavy atom. The average molecular weight is 440 g/mol.